The number of benzene rings is 3. The van der Waals surface area contributed by atoms with Crippen molar-refractivity contribution in [2.45, 2.75) is 24.8 Å². The van der Waals surface area contributed by atoms with Gasteiger partial charge in [-0.05, 0) is 47.2 Å². The summed E-state index contributed by atoms with van der Waals surface area (Å²) in [5, 5.41) is 3.30. The molecular weight excluding hydrogens is 424 g/mol. The van der Waals surface area contributed by atoms with E-state index in [1.54, 1.807) is 24.3 Å². The lowest BCUT2D eigenvalue weighted by molar-refractivity contribution is -0.120. The van der Waals surface area contributed by atoms with Crippen LogP contribution in [-0.4, -0.2) is 36.1 Å². The molecule has 5 nitrogen and oxygen atoms in total. The average molecular weight is 447 g/mol. The Kier molecular flexibility index (Phi) is 5.58. The van der Waals surface area contributed by atoms with Crippen LogP contribution < -0.4 is 5.32 Å². The van der Waals surface area contributed by atoms with Crippen molar-refractivity contribution in [1.82, 2.24) is 4.90 Å². The van der Waals surface area contributed by atoms with Gasteiger partial charge in [-0.25, -0.2) is 4.79 Å². The van der Waals surface area contributed by atoms with Crippen LogP contribution in [0.1, 0.15) is 29.9 Å². The lowest BCUT2D eigenvalue weighted by Crippen LogP contribution is -2.43. The van der Waals surface area contributed by atoms with Crippen LogP contribution in [-0.2, 0) is 9.53 Å². The largest absolute Gasteiger partial charge is 0.448 e. The number of para-hydroxylation sites is 1. The molecule has 162 valence electrons. The summed E-state index contributed by atoms with van der Waals surface area (Å²) in [5.74, 6) is -0.256. The molecule has 1 aliphatic heterocycles. The molecule has 0 unspecified atom stereocenters. The summed E-state index contributed by atoms with van der Waals surface area (Å²) < 4.78 is 5.76. The molecular formula is C26H23ClN2O3. The summed E-state index contributed by atoms with van der Waals surface area (Å²) in [6, 6.07) is 22.9. The van der Waals surface area contributed by atoms with Crippen LogP contribution in [0.5, 0.6) is 0 Å². The van der Waals surface area contributed by atoms with E-state index < -0.39 is 12.1 Å². The van der Waals surface area contributed by atoms with Gasteiger partial charge in [0.05, 0.1) is 10.7 Å². The molecule has 3 aromatic rings. The van der Waals surface area contributed by atoms with E-state index in [0.29, 0.717) is 23.7 Å². The zero-order valence-corrected chi connectivity index (χ0v) is 18.2. The number of hydrogen-bond acceptors (Lipinski definition) is 3. The highest BCUT2D eigenvalue weighted by molar-refractivity contribution is 6.33. The van der Waals surface area contributed by atoms with Crippen molar-refractivity contribution in [2.75, 3.05) is 18.5 Å². The molecule has 0 radical (unpaired) electrons. The molecule has 3 aromatic carbocycles. The fourth-order valence-corrected chi connectivity index (χ4v) is 4.90. The van der Waals surface area contributed by atoms with Gasteiger partial charge in [-0.15, -0.1) is 0 Å². The minimum Gasteiger partial charge on any atom is -0.448 e. The predicted molar refractivity (Wildman–Crippen MR) is 125 cm³/mol. The fourth-order valence-electron chi connectivity index (χ4n) is 4.71. The van der Waals surface area contributed by atoms with Crippen LogP contribution in [0.25, 0.3) is 11.1 Å². The molecule has 0 spiro atoms. The van der Waals surface area contributed by atoms with Crippen molar-refractivity contribution in [3.8, 4) is 11.1 Å². The number of halogens is 1. The van der Waals surface area contributed by atoms with E-state index in [0.717, 1.165) is 17.5 Å². The number of likely N-dealkylation sites (tertiary alicyclic amines) is 1. The third-order valence-corrected chi connectivity index (χ3v) is 6.59. The first-order valence-corrected chi connectivity index (χ1v) is 11.2. The van der Waals surface area contributed by atoms with Crippen molar-refractivity contribution in [2.24, 2.45) is 0 Å². The number of carbonyl (C=O) groups excluding carboxylic acids is 2. The maximum atomic E-state index is 13.0. The van der Waals surface area contributed by atoms with Crippen molar-refractivity contribution in [3.63, 3.8) is 0 Å². The monoisotopic (exact) mass is 446 g/mol. The SMILES string of the molecule is O=C(Nc1ccccc1Cl)[C@@H]1CCCN1C(=O)OCC1c2ccccc2-c2ccccc21. The van der Waals surface area contributed by atoms with E-state index in [-0.39, 0.29) is 18.4 Å². The highest BCUT2D eigenvalue weighted by atomic mass is 35.5. The number of anilines is 1. The molecule has 1 N–H and O–H groups in total. The molecule has 0 aromatic heterocycles. The summed E-state index contributed by atoms with van der Waals surface area (Å²) in [5.41, 5.74) is 5.23. The molecule has 0 saturated carbocycles. The standard InChI is InChI=1S/C26H23ClN2O3/c27-22-12-5-6-13-23(22)28-25(30)24-14-7-15-29(24)26(31)32-16-21-19-10-3-1-8-17(19)18-9-2-4-11-20(18)21/h1-6,8-13,21,24H,7,14-16H2,(H,28,30)/t24-/m0/s1. The van der Waals surface area contributed by atoms with E-state index in [9.17, 15) is 9.59 Å². The third kappa shape index (κ3) is 3.73. The molecule has 5 rings (SSSR count). The predicted octanol–water partition coefficient (Wildman–Crippen LogP) is 5.69. The minimum atomic E-state index is -0.568. The normalized spacial score (nSPS) is 17.0. The number of hydrogen-bond donors (Lipinski definition) is 1. The molecule has 1 aliphatic carbocycles. The van der Waals surface area contributed by atoms with Crippen LogP contribution >= 0.6 is 11.6 Å². The number of amides is 2. The van der Waals surface area contributed by atoms with Gasteiger partial charge < -0.3 is 10.1 Å². The quantitative estimate of drug-likeness (QED) is 0.559. The summed E-state index contributed by atoms with van der Waals surface area (Å²) in [6.45, 7) is 0.736. The van der Waals surface area contributed by atoms with Gasteiger partial charge in [-0.3, -0.25) is 9.69 Å². The molecule has 2 aliphatic rings. The fraction of sp³-hybridized carbons (Fsp3) is 0.231. The molecule has 1 atom stereocenters. The first kappa shape index (κ1) is 20.6. The Morgan fingerprint density at radius 3 is 2.25 bits per heavy atom. The average Bonchev–Trinajstić information content (AvgIpc) is 3.43. The van der Waals surface area contributed by atoms with Crippen LogP contribution in [0, 0.1) is 0 Å². The van der Waals surface area contributed by atoms with Gasteiger partial charge in [0.2, 0.25) is 5.91 Å². The Hall–Kier alpha value is -3.31. The molecule has 1 fully saturated rings. The minimum absolute atomic E-state index is 0.00986. The van der Waals surface area contributed by atoms with E-state index in [4.69, 9.17) is 16.3 Å². The second-order valence-electron chi connectivity index (χ2n) is 8.12. The van der Waals surface area contributed by atoms with E-state index in [2.05, 4.69) is 29.6 Å². The van der Waals surface area contributed by atoms with Gasteiger partial charge in [-0.1, -0.05) is 72.3 Å². The first-order valence-electron chi connectivity index (χ1n) is 10.8. The molecule has 0 bridgehead atoms. The van der Waals surface area contributed by atoms with Gasteiger partial charge in [0.15, 0.2) is 0 Å². The van der Waals surface area contributed by atoms with E-state index in [1.165, 1.54) is 16.0 Å². The van der Waals surface area contributed by atoms with Crippen LogP contribution in [0.2, 0.25) is 5.02 Å². The number of nitrogens with one attached hydrogen (secondary N) is 1. The molecule has 6 heteroatoms. The lowest BCUT2D eigenvalue weighted by atomic mass is 9.98. The number of nitrogens with zero attached hydrogens (tertiary/aromatic N) is 1. The first-order chi connectivity index (χ1) is 15.6. The highest BCUT2D eigenvalue weighted by Gasteiger charge is 2.36. The summed E-state index contributed by atoms with van der Waals surface area (Å²) in [4.78, 5) is 27.3. The number of carbonyl (C=O) groups is 2. The van der Waals surface area contributed by atoms with Gasteiger partial charge in [0.1, 0.15) is 12.6 Å². The van der Waals surface area contributed by atoms with Crippen LogP contribution in [0.15, 0.2) is 72.8 Å². The highest BCUT2D eigenvalue weighted by Crippen LogP contribution is 2.44. The maximum absolute atomic E-state index is 13.0. The van der Waals surface area contributed by atoms with Crippen molar-refractivity contribution in [3.05, 3.63) is 88.9 Å². The van der Waals surface area contributed by atoms with Crippen LogP contribution in [0.4, 0.5) is 10.5 Å². The smallest absolute Gasteiger partial charge is 0.410 e. The summed E-state index contributed by atoms with van der Waals surface area (Å²) in [7, 11) is 0. The Labute approximate surface area is 192 Å². The van der Waals surface area contributed by atoms with Gasteiger partial charge in [0, 0.05) is 12.5 Å². The van der Waals surface area contributed by atoms with E-state index >= 15 is 0 Å². The zero-order chi connectivity index (χ0) is 22.1. The van der Waals surface area contributed by atoms with Crippen molar-refractivity contribution < 1.29 is 14.3 Å². The van der Waals surface area contributed by atoms with Crippen molar-refractivity contribution in [1.29, 1.82) is 0 Å². The topological polar surface area (TPSA) is 58.6 Å². The van der Waals surface area contributed by atoms with Gasteiger partial charge in [0.25, 0.3) is 0 Å². The van der Waals surface area contributed by atoms with Crippen LogP contribution in [0.3, 0.4) is 0 Å². The molecule has 32 heavy (non-hydrogen) atoms. The Morgan fingerprint density at radius 2 is 1.56 bits per heavy atom. The third-order valence-electron chi connectivity index (χ3n) is 6.26. The number of ether oxygens (including phenoxy) is 1. The molecule has 1 heterocycles. The number of fused-ring (bicyclic) bond motifs is 3. The second-order valence-corrected chi connectivity index (χ2v) is 8.53. The number of rotatable bonds is 4. The Morgan fingerprint density at radius 1 is 0.938 bits per heavy atom. The molecule has 2 amide bonds. The summed E-state index contributed by atoms with van der Waals surface area (Å²) in [6.07, 6.45) is 0.898. The van der Waals surface area contributed by atoms with Gasteiger partial charge in [-0.2, -0.15) is 0 Å². The molecule has 1 saturated heterocycles. The summed E-state index contributed by atoms with van der Waals surface area (Å²) >= 11 is 6.16. The van der Waals surface area contributed by atoms with Gasteiger partial charge >= 0.3 is 6.09 Å². The second kappa shape index (κ2) is 8.67. The van der Waals surface area contributed by atoms with E-state index in [1.807, 2.05) is 24.3 Å². The zero-order valence-electron chi connectivity index (χ0n) is 17.5. The maximum Gasteiger partial charge on any atom is 0.410 e. The Bertz CT molecular complexity index is 1130. The Balaban J connectivity index is 1.28. The lowest BCUT2D eigenvalue weighted by Gasteiger charge is -2.24. The van der Waals surface area contributed by atoms with Crippen molar-refractivity contribution >= 4 is 29.3 Å².